The van der Waals surface area contributed by atoms with Crippen molar-refractivity contribution in [1.29, 1.82) is 0 Å². The highest BCUT2D eigenvalue weighted by atomic mass is 35.5. The molecule has 3 fully saturated rings. The summed E-state index contributed by atoms with van der Waals surface area (Å²) in [4.78, 5) is 11.5. The molecule has 31 heavy (non-hydrogen) atoms. The van der Waals surface area contributed by atoms with E-state index >= 15 is 0 Å². The van der Waals surface area contributed by atoms with E-state index in [1.165, 1.54) is 24.8 Å². The third kappa shape index (κ3) is 6.47. The molecule has 0 spiro atoms. The lowest BCUT2D eigenvalue weighted by Crippen LogP contribution is -2.50. The van der Waals surface area contributed by atoms with Crippen LogP contribution in [0.5, 0.6) is 0 Å². The molecule has 4 rings (SSSR count). The zero-order valence-corrected chi connectivity index (χ0v) is 20.1. The molecule has 0 heterocycles. The number of aliphatic carboxylic acids is 1. The SMILES string of the molecule is CCC(=Cc1ccccc1)C1C[C@@H]1NC1CCC(NCC2(C(=O)O)CCC2)CC1.Cl.Cl. The van der Waals surface area contributed by atoms with E-state index in [0.29, 0.717) is 30.6 Å². The van der Waals surface area contributed by atoms with Gasteiger partial charge in [0.1, 0.15) is 0 Å². The Balaban J connectivity index is 0.00000171. The number of halogens is 2. The Morgan fingerprint density at radius 3 is 2.29 bits per heavy atom. The summed E-state index contributed by atoms with van der Waals surface area (Å²) in [5, 5.41) is 17.0. The minimum absolute atomic E-state index is 0. The monoisotopic (exact) mass is 468 g/mol. The second kappa shape index (κ2) is 11.7. The number of carboxylic acids is 1. The lowest BCUT2D eigenvalue weighted by Gasteiger charge is -2.40. The van der Waals surface area contributed by atoms with E-state index in [4.69, 9.17) is 0 Å². The van der Waals surface area contributed by atoms with Crippen LogP contribution in [0.25, 0.3) is 6.08 Å². The molecule has 2 atom stereocenters. The van der Waals surface area contributed by atoms with E-state index in [1.54, 1.807) is 5.57 Å². The minimum atomic E-state index is -0.610. The van der Waals surface area contributed by atoms with Crippen molar-refractivity contribution in [3.05, 3.63) is 41.5 Å². The first kappa shape index (κ1) is 26.2. The molecular weight excluding hydrogens is 431 g/mol. The first-order chi connectivity index (χ1) is 14.1. The molecule has 174 valence electrons. The van der Waals surface area contributed by atoms with Crippen molar-refractivity contribution >= 4 is 36.9 Å². The van der Waals surface area contributed by atoms with E-state index in [0.717, 1.165) is 38.5 Å². The summed E-state index contributed by atoms with van der Waals surface area (Å²) in [6.07, 6.45) is 12.2. The molecule has 0 saturated heterocycles. The van der Waals surface area contributed by atoms with Gasteiger partial charge in [-0.15, -0.1) is 24.8 Å². The van der Waals surface area contributed by atoms with Crippen molar-refractivity contribution < 1.29 is 9.90 Å². The van der Waals surface area contributed by atoms with Gasteiger partial charge in [0.2, 0.25) is 0 Å². The summed E-state index contributed by atoms with van der Waals surface area (Å²) in [6, 6.07) is 12.4. The third-order valence-electron chi connectivity index (χ3n) is 7.50. The Morgan fingerprint density at radius 2 is 1.74 bits per heavy atom. The molecule has 1 aromatic carbocycles. The molecule has 0 aliphatic heterocycles. The van der Waals surface area contributed by atoms with E-state index in [-0.39, 0.29) is 24.8 Å². The summed E-state index contributed by atoms with van der Waals surface area (Å²) in [5.74, 6) is 0.0896. The van der Waals surface area contributed by atoms with Gasteiger partial charge in [0.25, 0.3) is 0 Å². The first-order valence-electron chi connectivity index (χ1n) is 11.6. The van der Waals surface area contributed by atoms with E-state index < -0.39 is 11.4 Å². The molecule has 3 saturated carbocycles. The molecule has 1 aromatic rings. The van der Waals surface area contributed by atoms with Gasteiger partial charge in [-0.05, 0) is 62.8 Å². The predicted octanol–water partition coefficient (Wildman–Crippen LogP) is 5.46. The Bertz CT molecular complexity index is 728. The number of benzene rings is 1. The second-order valence-electron chi connectivity index (χ2n) is 9.47. The predicted molar refractivity (Wildman–Crippen MR) is 132 cm³/mol. The summed E-state index contributed by atoms with van der Waals surface area (Å²) >= 11 is 0. The third-order valence-corrected chi connectivity index (χ3v) is 7.50. The summed E-state index contributed by atoms with van der Waals surface area (Å²) in [7, 11) is 0. The fourth-order valence-electron chi connectivity index (χ4n) is 5.20. The fourth-order valence-corrected chi connectivity index (χ4v) is 5.20. The van der Waals surface area contributed by atoms with Crippen molar-refractivity contribution in [3.63, 3.8) is 0 Å². The molecular formula is C25H38Cl2N2O2. The van der Waals surface area contributed by atoms with Crippen LogP contribution in [0.4, 0.5) is 0 Å². The van der Waals surface area contributed by atoms with Gasteiger partial charge in [0, 0.05) is 24.7 Å². The average molecular weight is 469 g/mol. The highest BCUT2D eigenvalue weighted by Gasteiger charge is 2.44. The summed E-state index contributed by atoms with van der Waals surface area (Å²) in [6.45, 7) is 2.92. The molecule has 0 amide bonds. The summed E-state index contributed by atoms with van der Waals surface area (Å²) in [5.41, 5.74) is 2.41. The largest absolute Gasteiger partial charge is 0.481 e. The normalized spacial score (nSPS) is 29.1. The first-order valence-corrected chi connectivity index (χ1v) is 11.6. The van der Waals surface area contributed by atoms with E-state index in [2.05, 4.69) is 54.0 Å². The number of carbonyl (C=O) groups is 1. The molecule has 3 aliphatic rings. The topological polar surface area (TPSA) is 61.4 Å². The van der Waals surface area contributed by atoms with Gasteiger partial charge >= 0.3 is 5.97 Å². The number of hydrogen-bond acceptors (Lipinski definition) is 3. The standard InChI is InChI=1S/C25H36N2O2.2ClH/c1-2-19(15-18-7-4-3-5-8-18)22-16-23(22)27-21-11-9-20(10-12-21)26-17-25(24(28)29)13-6-14-25;;/h3-5,7-8,15,20-23,26-27H,2,6,9-14,16-17H2,1H3,(H,28,29);2*1H/t20?,21?,22?,23-;;/m0../s1. The molecule has 3 N–H and O–H groups in total. The maximum absolute atomic E-state index is 11.5. The lowest BCUT2D eigenvalue weighted by molar-refractivity contribution is -0.154. The average Bonchev–Trinajstić information content (AvgIpc) is 3.46. The highest BCUT2D eigenvalue weighted by Crippen LogP contribution is 2.42. The number of rotatable bonds is 9. The van der Waals surface area contributed by atoms with Crippen LogP contribution in [0.2, 0.25) is 0 Å². The highest BCUT2D eigenvalue weighted by molar-refractivity contribution is 5.85. The van der Waals surface area contributed by atoms with Crippen LogP contribution in [-0.2, 0) is 4.79 Å². The zero-order chi connectivity index (χ0) is 20.3. The number of nitrogens with one attached hydrogen (secondary N) is 2. The van der Waals surface area contributed by atoms with Crippen LogP contribution in [-0.4, -0.2) is 35.7 Å². The van der Waals surface area contributed by atoms with Crippen LogP contribution in [0.3, 0.4) is 0 Å². The Kier molecular flexibility index (Phi) is 9.88. The summed E-state index contributed by atoms with van der Waals surface area (Å²) < 4.78 is 0. The van der Waals surface area contributed by atoms with Crippen molar-refractivity contribution in [1.82, 2.24) is 10.6 Å². The smallest absolute Gasteiger partial charge is 0.310 e. The van der Waals surface area contributed by atoms with Gasteiger partial charge < -0.3 is 15.7 Å². The van der Waals surface area contributed by atoms with Gasteiger partial charge in [-0.1, -0.05) is 55.3 Å². The van der Waals surface area contributed by atoms with Crippen molar-refractivity contribution in [3.8, 4) is 0 Å². The fraction of sp³-hybridized carbons (Fsp3) is 0.640. The molecule has 6 heteroatoms. The molecule has 4 nitrogen and oxygen atoms in total. The van der Waals surface area contributed by atoms with Crippen LogP contribution in [0, 0.1) is 11.3 Å². The molecule has 0 radical (unpaired) electrons. The van der Waals surface area contributed by atoms with Crippen molar-refractivity contribution in [2.24, 2.45) is 11.3 Å². The van der Waals surface area contributed by atoms with Crippen molar-refractivity contribution in [2.45, 2.75) is 82.8 Å². The maximum Gasteiger partial charge on any atom is 0.310 e. The van der Waals surface area contributed by atoms with Gasteiger partial charge in [0.15, 0.2) is 0 Å². The Hall–Kier alpha value is -1.07. The van der Waals surface area contributed by atoms with E-state index in [1.807, 2.05) is 0 Å². The second-order valence-corrected chi connectivity index (χ2v) is 9.47. The minimum Gasteiger partial charge on any atom is -0.481 e. The van der Waals surface area contributed by atoms with Crippen molar-refractivity contribution in [2.75, 3.05) is 6.54 Å². The quantitative estimate of drug-likeness (QED) is 0.450. The number of hydrogen-bond donors (Lipinski definition) is 3. The van der Waals surface area contributed by atoms with Crippen LogP contribution >= 0.6 is 24.8 Å². The molecule has 0 bridgehead atoms. The van der Waals surface area contributed by atoms with Gasteiger partial charge in [0.05, 0.1) is 5.41 Å². The van der Waals surface area contributed by atoms with E-state index in [9.17, 15) is 9.90 Å². The van der Waals surface area contributed by atoms with Gasteiger partial charge in [-0.25, -0.2) is 0 Å². The zero-order valence-electron chi connectivity index (χ0n) is 18.5. The molecule has 0 aromatic heterocycles. The Labute approximate surface area is 199 Å². The van der Waals surface area contributed by atoms with Crippen LogP contribution in [0.1, 0.15) is 70.3 Å². The molecule has 1 unspecified atom stereocenters. The lowest BCUT2D eigenvalue weighted by atomic mass is 9.68. The van der Waals surface area contributed by atoms with Gasteiger partial charge in [-0.3, -0.25) is 4.79 Å². The van der Waals surface area contributed by atoms with Crippen LogP contribution < -0.4 is 10.6 Å². The molecule has 3 aliphatic carbocycles. The Morgan fingerprint density at radius 1 is 1.10 bits per heavy atom. The van der Waals surface area contributed by atoms with Gasteiger partial charge in [-0.2, -0.15) is 0 Å². The maximum atomic E-state index is 11.5. The number of carboxylic acid groups (broad SMARTS) is 1. The van der Waals surface area contributed by atoms with Crippen LogP contribution in [0.15, 0.2) is 35.9 Å².